The van der Waals surface area contributed by atoms with E-state index in [-0.39, 0.29) is 19.4 Å². The van der Waals surface area contributed by atoms with Crippen molar-refractivity contribution in [3.05, 3.63) is 12.2 Å². The molecule has 0 aromatic rings. The molecule has 12 nitrogen and oxygen atoms in total. The summed E-state index contributed by atoms with van der Waals surface area (Å²) in [7, 11) is -4.60. The largest absolute Gasteiger partial charge is 0.462 e. The first-order valence-corrected chi connectivity index (χ1v) is 26.4. The molecule has 6 atom stereocenters. The number of allylic oxidation sites excluding steroid dienone is 2. The number of hydrogen-bond donors (Lipinski definition) is 4. The van der Waals surface area contributed by atoms with E-state index < -0.39 is 71.2 Å². The van der Waals surface area contributed by atoms with Crippen LogP contribution in [0.4, 0.5) is 0 Å². The first kappa shape index (κ1) is 57.4. The van der Waals surface area contributed by atoms with E-state index in [2.05, 4.69) is 26.0 Å². The molecule has 0 aromatic heterocycles. The predicted molar refractivity (Wildman–Crippen MR) is 243 cm³/mol. The van der Waals surface area contributed by atoms with Crippen LogP contribution in [0.3, 0.4) is 0 Å². The first-order chi connectivity index (χ1) is 29.5. The van der Waals surface area contributed by atoms with Gasteiger partial charge in [-0.2, -0.15) is 8.42 Å². The summed E-state index contributed by atoms with van der Waals surface area (Å²) in [6.45, 7) is 3.78. The van der Waals surface area contributed by atoms with Crippen LogP contribution in [0.15, 0.2) is 12.2 Å². The Morgan fingerprint density at radius 1 is 0.541 bits per heavy atom. The molecule has 0 aromatic carbocycles. The predicted octanol–water partition coefficient (Wildman–Crippen LogP) is 10.6. The van der Waals surface area contributed by atoms with Gasteiger partial charge >= 0.3 is 11.9 Å². The van der Waals surface area contributed by atoms with Crippen LogP contribution in [0.2, 0.25) is 0 Å². The molecule has 1 rings (SSSR count). The number of ether oxygens (including phenoxy) is 4. The van der Waals surface area contributed by atoms with Gasteiger partial charge in [0.2, 0.25) is 0 Å². The average molecular weight is 891 g/mol. The number of rotatable bonds is 42. The molecule has 61 heavy (non-hydrogen) atoms. The third kappa shape index (κ3) is 33.6. The number of aliphatic hydroxyl groups excluding tert-OH is 3. The van der Waals surface area contributed by atoms with Crippen LogP contribution >= 0.6 is 0 Å². The minimum absolute atomic E-state index is 0.169. The summed E-state index contributed by atoms with van der Waals surface area (Å²) in [4.78, 5) is 25.5. The molecular weight excluding hydrogens is 801 g/mol. The molecule has 0 bridgehead atoms. The molecule has 1 aliphatic heterocycles. The summed E-state index contributed by atoms with van der Waals surface area (Å²) in [6, 6.07) is 0. The van der Waals surface area contributed by atoms with Crippen molar-refractivity contribution in [3.8, 4) is 0 Å². The van der Waals surface area contributed by atoms with Gasteiger partial charge in [-0.25, -0.2) is 0 Å². The molecule has 360 valence electrons. The lowest BCUT2D eigenvalue weighted by Gasteiger charge is -2.40. The Labute approximate surface area is 371 Å². The van der Waals surface area contributed by atoms with E-state index in [1.54, 1.807) is 0 Å². The van der Waals surface area contributed by atoms with Crippen molar-refractivity contribution in [2.75, 3.05) is 19.0 Å². The van der Waals surface area contributed by atoms with E-state index >= 15 is 0 Å². The normalized spacial score (nSPS) is 20.0. The molecule has 1 heterocycles. The summed E-state index contributed by atoms with van der Waals surface area (Å²) in [5.74, 6) is -1.97. The van der Waals surface area contributed by atoms with Crippen molar-refractivity contribution in [2.45, 2.75) is 263 Å². The Morgan fingerprint density at radius 3 is 1.36 bits per heavy atom. The van der Waals surface area contributed by atoms with Gasteiger partial charge in [0.15, 0.2) is 12.4 Å². The lowest BCUT2D eigenvalue weighted by Crippen LogP contribution is -2.60. The van der Waals surface area contributed by atoms with E-state index in [0.717, 1.165) is 44.9 Å². The van der Waals surface area contributed by atoms with E-state index in [0.29, 0.717) is 12.8 Å². The molecule has 0 amide bonds. The SMILES string of the molecule is CCCCCCCC/C=C/CCCCCCCCCC(=O)OC[C@H](CO[C@H]1O[C@H](CS(=O)(=O)O)[C@@H](O)C(O)C1O)OC(=O)CCCCCCCCCCCCCCCCCC. The van der Waals surface area contributed by atoms with Gasteiger partial charge in [0.1, 0.15) is 36.8 Å². The second-order valence-corrected chi connectivity index (χ2v) is 19.0. The Bertz CT molecular complexity index is 1180. The van der Waals surface area contributed by atoms with Crippen molar-refractivity contribution in [2.24, 2.45) is 0 Å². The number of aliphatic hydroxyl groups is 3. The number of carbonyl (C=O) groups excluding carboxylic acids is 2. The Kier molecular flexibility index (Phi) is 36.5. The van der Waals surface area contributed by atoms with Crippen LogP contribution in [0.1, 0.15) is 226 Å². The molecule has 13 heteroatoms. The maximum atomic E-state index is 12.8. The van der Waals surface area contributed by atoms with Crippen LogP contribution in [-0.2, 0) is 38.7 Å². The van der Waals surface area contributed by atoms with Crippen LogP contribution < -0.4 is 0 Å². The molecule has 2 unspecified atom stereocenters. The third-order valence-corrected chi connectivity index (χ3v) is 12.3. The Morgan fingerprint density at radius 2 is 0.934 bits per heavy atom. The molecular formula is C48H90O12S. The standard InChI is InChI=1S/C48H90O12S/c1-3-5-7-9-11-13-15-17-19-21-23-24-26-28-30-32-34-36-43(49)57-38-41(39-58-48-47(53)46(52)45(51)42(60-48)40-61(54,55)56)59-44(50)37-35-33-31-29-27-25-22-20-18-16-14-12-10-8-6-4-2/h17,19,41-42,45-48,51-53H,3-16,18,20-40H2,1-2H3,(H,54,55,56)/b19-17+/t41-,42-,45-,46?,47?,48+/m1/s1. The minimum atomic E-state index is -4.60. The van der Waals surface area contributed by atoms with Gasteiger partial charge in [-0.15, -0.1) is 0 Å². The zero-order valence-corrected chi connectivity index (χ0v) is 39.4. The van der Waals surface area contributed by atoms with Crippen LogP contribution in [-0.4, -0.2) is 96.0 Å². The van der Waals surface area contributed by atoms with E-state index in [1.807, 2.05) is 0 Å². The monoisotopic (exact) mass is 891 g/mol. The summed E-state index contributed by atoms with van der Waals surface area (Å²) >= 11 is 0. The van der Waals surface area contributed by atoms with Gasteiger partial charge in [0.25, 0.3) is 10.1 Å². The van der Waals surface area contributed by atoms with E-state index in [4.69, 9.17) is 18.9 Å². The molecule has 1 aliphatic rings. The summed E-state index contributed by atoms with van der Waals surface area (Å²) in [5, 5.41) is 30.9. The number of carbonyl (C=O) groups is 2. The maximum Gasteiger partial charge on any atom is 0.306 e. The second kappa shape index (κ2) is 38.8. The summed E-state index contributed by atoms with van der Waals surface area (Å²) in [5.41, 5.74) is 0. The number of esters is 2. The fourth-order valence-corrected chi connectivity index (χ4v) is 8.42. The second-order valence-electron chi connectivity index (χ2n) is 17.5. The Hall–Kier alpha value is -1.61. The highest BCUT2D eigenvalue weighted by Crippen LogP contribution is 2.24. The molecule has 0 spiro atoms. The molecule has 1 saturated heterocycles. The first-order valence-electron chi connectivity index (χ1n) is 24.7. The smallest absolute Gasteiger partial charge is 0.306 e. The van der Waals surface area contributed by atoms with Gasteiger partial charge in [0.05, 0.1) is 6.61 Å². The van der Waals surface area contributed by atoms with Crippen molar-refractivity contribution < 1.29 is 56.8 Å². The summed E-state index contributed by atoms with van der Waals surface area (Å²) < 4.78 is 54.2. The van der Waals surface area contributed by atoms with Crippen LogP contribution in [0, 0.1) is 0 Å². The highest BCUT2D eigenvalue weighted by atomic mass is 32.2. The highest BCUT2D eigenvalue weighted by Gasteiger charge is 2.46. The lowest BCUT2D eigenvalue weighted by molar-refractivity contribution is -0.297. The highest BCUT2D eigenvalue weighted by molar-refractivity contribution is 7.85. The Balaban J connectivity index is 2.39. The zero-order valence-electron chi connectivity index (χ0n) is 38.5. The van der Waals surface area contributed by atoms with Gasteiger partial charge in [-0.05, 0) is 38.5 Å². The zero-order chi connectivity index (χ0) is 44.8. The summed E-state index contributed by atoms with van der Waals surface area (Å²) in [6.07, 6.45) is 32.5. The number of unbranched alkanes of at least 4 members (excludes halogenated alkanes) is 28. The minimum Gasteiger partial charge on any atom is -0.462 e. The molecule has 0 aliphatic carbocycles. The molecule has 4 N–H and O–H groups in total. The van der Waals surface area contributed by atoms with Crippen molar-refractivity contribution in [1.29, 1.82) is 0 Å². The van der Waals surface area contributed by atoms with Gasteiger partial charge in [-0.1, -0.05) is 187 Å². The van der Waals surface area contributed by atoms with Crippen molar-refractivity contribution in [3.63, 3.8) is 0 Å². The van der Waals surface area contributed by atoms with Crippen molar-refractivity contribution in [1.82, 2.24) is 0 Å². The van der Waals surface area contributed by atoms with Gasteiger partial charge in [0, 0.05) is 12.8 Å². The fourth-order valence-electron chi connectivity index (χ4n) is 7.73. The maximum absolute atomic E-state index is 12.8. The van der Waals surface area contributed by atoms with Crippen molar-refractivity contribution >= 4 is 22.1 Å². The van der Waals surface area contributed by atoms with E-state index in [1.165, 1.54) is 141 Å². The molecule has 1 fully saturated rings. The molecule has 0 saturated carbocycles. The average Bonchev–Trinajstić information content (AvgIpc) is 3.22. The fraction of sp³-hybridized carbons (Fsp3) is 0.917. The topological polar surface area (TPSA) is 186 Å². The van der Waals surface area contributed by atoms with Crippen LogP contribution in [0.5, 0.6) is 0 Å². The number of hydrogen-bond acceptors (Lipinski definition) is 11. The lowest BCUT2D eigenvalue weighted by atomic mass is 10.00. The quantitative estimate of drug-likeness (QED) is 0.0197. The van der Waals surface area contributed by atoms with Gasteiger partial charge in [-0.3, -0.25) is 14.1 Å². The van der Waals surface area contributed by atoms with Gasteiger partial charge < -0.3 is 34.3 Å². The third-order valence-electron chi connectivity index (χ3n) is 11.6. The van der Waals surface area contributed by atoms with Crippen LogP contribution in [0.25, 0.3) is 0 Å². The van der Waals surface area contributed by atoms with E-state index in [9.17, 15) is 37.9 Å². The molecule has 0 radical (unpaired) electrons.